The number of rotatable bonds is 2. The molecule has 1 aliphatic heterocycles. The lowest BCUT2D eigenvalue weighted by Gasteiger charge is -2.32. The van der Waals surface area contributed by atoms with Gasteiger partial charge in [0.2, 0.25) is 0 Å². The van der Waals surface area contributed by atoms with Gasteiger partial charge in [-0.15, -0.1) is 6.58 Å². The maximum Gasteiger partial charge on any atom is 0.182 e. The minimum absolute atomic E-state index is 0.561. The molecule has 1 nitrogen and oxygen atoms in total. The quantitative estimate of drug-likeness (QED) is 0.409. The van der Waals surface area contributed by atoms with Gasteiger partial charge < -0.3 is 4.81 Å². The zero-order valence-corrected chi connectivity index (χ0v) is 6.42. The summed E-state index contributed by atoms with van der Waals surface area (Å²) in [5, 5.41) is 0. The molecule has 10 heavy (non-hydrogen) atoms. The molecule has 1 aliphatic rings. The standard InChI is InChI=1S/C8H14BN/c1-2-5-8-6-3-4-7-10(8)9/h2,8H,1,3-7H2. The maximum atomic E-state index is 5.75. The monoisotopic (exact) mass is 135 g/mol. The van der Waals surface area contributed by atoms with E-state index in [1.807, 2.05) is 10.9 Å². The van der Waals surface area contributed by atoms with Crippen LogP contribution in [0.5, 0.6) is 0 Å². The summed E-state index contributed by atoms with van der Waals surface area (Å²) in [5.74, 6) is 0. The molecule has 0 aromatic rings. The van der Waals surface area contributed by atoms with E-state index in [4.69, 9.17) is 7.98 Å². The van der Waals surface area contributed by atoms with Crippen molar-refractivity contribution < 1.29 is 0 Å². The summed E-state index contributed by atoms with van der Waals surface area (Å²) in [7, 11) is 5.75. The Morgan fingerprint density at radius 2 is 2.40 bits per heavy atom. The van der Waals surface area contributed by atoms with Gasteiger partial charge in [-0.3, -0.25) is 0 Å². The first-order chi connectivity index (χ1) is 4.84. The number of hydrogen-bond acceptors (Lipinski definition) is 1. The second kappa shape index (κ2) is 3.82. The third kappa shape index (κ3) is 1.88. The van der Waals surface area contributed by atoms with E-state index in [0.717, 1.165) is 13.0 Å². The van der Waals surface area contributed by atoms with Crippen LogP contribution in [0.25, 0.3) is 0 Å². The highest BCUT2D eigenvalue weighted by Crippen LogP contribution is 2.16. The Labute approximate surface area is 64.5 Å². The molecular formula is C8H14BN. The Morgan fingerprint density at radius 1 is 1.60 bits per heavy atom. The topological polar surface area (TPSA) is 3.24 Å². The molecule has 0 bridgehead atoms. The van der Waals surface area contributed by atoms with Gasteiger partial charge in [0.05, 0.1) is 0 Å². The average molecular weight is 135 g/mol. The zero-order valence-electron chi connectivity index (χ0n) is 6.42. The van der Waals surface area contributed by atoms with Gasteiger partial charge in [0.1, 0.15) is 0 Å². The predicted octanol–water partition coefficient (Wildman–Crippen LogP) is 1.50. The fraction of sp³-hybridized carbons (Fsp3) is 0.750. The van der Waals surface area contributed by atoms with Crippen molar-refractivity contribution in [3.8, 4) is 0 Å². The van der Waals surface area contributed by atoms with Gasteiger partial charge in [0.25, 0.3) is 0 Å². The van der Waals surface area contributed by atoms with Crippen molar-refractivity contribution in [1.82, 2.24) is 4.81 Å². The summed E-state index contributed by atoms with van der Waals surface area (Å²) in [5.41, 5.74) is 0. The fourth-order valence-electron chi connectivity index (χ4n) is 1.47. The molecule has 0 aromatic carbocycles. The first-order valence-electron chi connectivity index (χ1n) is 3.97. The molecule has 0 N–H and O–H groups in total. The first kappa shape index (κ1) is 7.87. The van der Waals surface area contributed by atoms with E-state index in [2.05, 4.69) is 6.58 Å². The highest BCUT2D eigenvalue weighted by Gasteiger charge is 2.15. The molecule has 2 heteroatoms. The largest absolute Gasteiger partial charge is 0.351 e. The molecule has 1 saturated heterocycles. The third-order valence-electron chi connectivity index (χ3n) is 2.11. The lowest BCUT2D eigenvalue weighted by atomic mass is 9.96. The summed E-state index contributed by atoms with van der Waals surface area (Å²) in [6, 6.07) is 0.561. The number of hydrogen-bond donors (Lipinski definition) is 0. The predicted molar refractivity (Wildman–Crippen MR) is 44.9 cm³/mol. The Hall–Kier alpha value is -0.235. The van der Waals surface area contributed by atoms with Crippen LogP contribution in [0.15, 0.2) is 12.7 Å². The van der Waals surface area contributed by atoms with Gasteiger partial charge in [0, 0.05) is 6.04 Å². The molecule has 2 radical (unpaired) electrons. The van der Waals surface area contributed by atoms with Crippen molar-refractivity contribution in [2.75, 3.05) is 6.54 Å². The SMILES string of the molecule is [B]N1CCCCC1CC=C. The Morgan fingerprint density at radius 3 is 3.00 bits per heavy atom. The summed E-state index contributed by atoms with van der Waals surface area (Å²) < 4.78 is 0. The highest BCUT2D eigenvalue weighted by molar-refractivity contribution is 6.04. The average Bonchev–Trinajstić information content (AvgIpc) is 1.94. The summed E-state index contributed by atoms with van der Waals surface area (Å²) in [4.78, 5) is 1.95. The second-order valence-corrected chi connectivity index (χ2v) is 2.91. The van der Waals surface area contributed by atoms with Gasteiger partial charge in [-0.2, -0.15) is 0 Å². The molecule has 0 amide bonds. The van der Waals surface area contributed by atoms with Gasteiger partial charge >= 0.3 is 0 Å². The zero-order chi connectivity index (χ0) is 7.40. The third-order valence-corrected chi connectivity index (χ3v) is 2.11. The minimum Gasteiger partial charge on any atom is -0.351 e. The van der Waals surface area contributed by atoms with E-state index in [1.165, 1.54) is 19.3 Å². The molecular weight excluding hydrogens is 121 g/mol. The van der Waals surface area contributed by atoms with E-state index in [9.17, 15) is 0 Å². The molecule has 54 valence electrons. The van der Waals surface area contributed by atoms with Gasteiger partial charge in [-0.25, -0.2) is 0 Å². The number of nitrogens with zero attached hydrogens (tertiary/aromatic N) is 1. The van der Waals surface area contributed by atoms with Crippen LogP contribution in [0.2, 0.25) is 0 Å². The van der Waals surface area contributed by atoms with Crippen molar-refractivity contribution in [2.45, 2.75) is 31.7 Å². The van der Waals surface area contributed by atoms with Crippen LogP contribution >= 0.6 is 0 Å². The Kier molecular flexibility index (Phi) is 3.00. The normalized spacial score (nSPS) is 28.2. The molecule has 1 atom stereocenters. The van der Waals surface area contributed by atoms with Crippen molar-refractivity contribution in [3.63, 3.8) is 0 Å². The van der Waals surface area contributed by atoms with E-state index < -0.39 is 0 Å². The van der Waals surface area contributed by atoms with Gasteiger partial charge in [-0.1, -0.05) is 12.5 Å². The molecule has 1 unspecified atom stereocenters. The molecule has 1 heterocycles. The van der Waals surface area contributed by atoms with E-state index in [1.54, 1.807) is 0 Å². The molecule has 1 fully saturated rings. The van der Waals surface area contributed by atoms with Crippen LogP contribution in [-0.2, 0) is 0 Å². The molecule has 0 aliphatic carbocycles. The lowest BCUT2D eigenvalue weighted by Crippen LogP contribution is -2.36. The summed E-state index contributed by atoms with van der Waals surface area (Å²) >= 11 is 0. The first-order valence-corrected chi connectivity index (χ1v) is 3.97. The fourth-order valence-corrected chi connectivity index (χ4v) is 1.47. The Bertz CT molecular complexity index is 114. The van der Waals surface area contributed by atoms with Crippen molar-refractivity contribution >= 4 is 7.98 Å². The van der Waals surface area contributed by atoms with E-state index >= 15 is 0 Å². The minimum atomic E-state index is 0.561. The van der Waals surface area contributed by atoms with E-state index in [-0.39, 0.29) is 0 Å². The van der Waals surface area contributed by atoms with Gasteiger partial charge in [0.15, 0.2) is 7.98 Å². The highest BCUT2D eigenvalue weighted by atomic mass is 15.1. The molecule has 1 rings (SSSR count). The van der Waals surface area contributed by atoms with Crippen LogP contribution in [-0.4, -0.2) is 25.4 Å². The van der Waals surface area contributed by atoms with E-state index in [0.29, 0.717) is 6.04 Å². The lowest BCUT2D eigenvalue weighted by molar-refractivity contribution is 0.264. The Balaban J connectivity index is 2.32. The van der Waals surface area contributed by atoms with Crippen LogP contribution < -0.4 is 0 Å². The van der Waals surface area contributed by atoms with Gasteiger partial charge in [-0.05, 0) is 25.8 Å². The summed E-state index contributed by atoms with van der Waals surface area (Å²) in [6.07, 6.45) is 6.81. The van der Waals surface area contributed by atoms with Crippen LogP contribution in [0.3, 0.4) is 0 Å². The van der Waals surface area contributed by atoms with Crippen molar-refractivity contribution in [3.05, 3.63) is 12.7 Å². The van der Waals surface area contributed by atoms with Crippen LogP contribution in [0.4, 0.5) is 0 Å². The summed E-state index contributed by atoms with van der Waals surface area (Å²) in [6.45, 7) is 4.76. The second-order valence-electron chi connectivity index (χ2n) is 2.91. The van der Waals surface area contributed by atoms with Crippen molar-refractivity contribution in [2.24, 2.45) is 0 Å². The maximum absolute atomic E-state index is 5.75. The number of piperidine rings is 1. The molecule has 0 spiro atoms. The van der Waals surface area contributed by atoms with Crippen LogP contribution in [0.1, 0.15) is 25.7 Å². The van der Waals surface area contributed by atoms with Crippen molar-refractivity contribution in [1.29, 1.82) is 0 Å². The molecule has 0 aromatic heterocycles. The van der Waals surface area contributed by atoms with Crippen LogP contribution in [0, 0.1) is 0 Å². The smallest absolute Gasteiger partial charge is 0.182 e. The molecule has 0 saturated carbocycles.